The summed E-state index contributed by atoms with van der Waals surface area (Å²) in [6.45, 7) is -0.279. The van der Waals surface area contributed by atoms with Gasteiger partial charge in [-0.05, 0) is 24.3 Å². The van der Waals surface area contributed by atoms with Gasteiger partial charge in [0.25, 0.3) is 0 Å². The number of nitrogens with two attached hydrogens (primary N) is 1. The Morgan fingerprint density at radius 1 is 1.43 bits per heavy atom. The van der Waals surface area contributed by atoms with Crippen LogP contribution < -0.4 is 10.5 Å². The van der Waals surface area contributed by atoms with E-state index >= 15 is 0 Å². The predicted octanol–water partition coefficient (Wildman–Crippen LogP) is 0.0931. The molecule has 14 heavy (non-hydrogen) atoms. The summed E-state index contributed by atoms with van der Waals surface area (Å²) in [4.78, 5) is 10.2. The Morgan fingerprint density at radius 2 is 2.00 bits per heavy atom. The van der Waals surface area contributed by atoms with Crippen molar-refractivity contribution >= 4 is 11.7 Å². The molecule has 0 spiro atoms. The molecular weight excluding hydrogens is 186 g/mol. The molecule has 1 rings (SSSR count). The van der Waals surface area contributed by atoms with Gasteiger partial charge in [0.15, 0.2) is 6.10 Å². The quantitative estimate of drug-likeness (QED) is 0.595. The fourth-order valence-corrected chi connectivity index (χ4v) is 0.811. The Bertz CT molecular complexity index is 309. The molecule has 0 unspecified atom stereocenters. The molecule has 0 saturated heterocycles. The van der Waals surface area contributed by atoms with Crippen molar-refractivity contribution < 1.29 is 19.7 Å². The van der Waals surface area contributed by atoms with Gasteiger partial charge in [0.2, 0.25) is 0 Å². The highest BCUT2D eigenvalue weighted by Gasteiger charge is 2.13. The molecule has 0 aliphatic carbocycles. The topological polar surface area (TPSA) is 92.8 Å². The second-order valence-corrected chi connectivity index (χ2v) is 2.73. The van der Waals surface area contributed by atoms with Gasteiger partial charge >= 0.3 is 5.97 Å². The lowest BCUT2D eigenvalue weighted by Gasteiger charge is -2.08. The Kier molecular flexibility index (Phi) is 3.30. The minimum atomic E-state index is -1.51. The van der Waals surface area contributed by atoms with E-state index in [0.29, 0.717) is 11.4 Å². The van der Waals surface area contributed by atoms with E-state index in [4.69, 9.17) is 20.7 Å². The van der Waals surface area contributed by atoms with E-state index < -0.39 is 12.1 Å². The molecular formula is C9H11NO4. The van der Waals surface area contributed by atoms with Crippen LogP contribution in [0, 0.1) is 0 Å². The Labute approximate surface area is 80.7 Å². The monoisotopic (exact) mass is 197 g/mol. The van der Waals surface area contributed by atoms with Gasteiger partial charge in [-0.1, -0.05) is 0 Å². The van der Waals surface area contributed by atoms with Crippen LogP contribution in [0.25, 0.3) is 0 Å². The predicted molar refractivity (Wildman–Crippen MR) is 50.0 cm³/mol. The number of aliphatic hydroxyl groups is 1. The van der Waals surface area contributed by atoms with Crippen LogP contribution in [0.4, 0.5) is 5.69 Å². The number of nitrogen functional groups attached to an aromatic ring is 1. The first-order chi connectivity index (χ1) is 6.59. The summed E-state index contributed by atoms with van der Waals surface area (Å²) in [6.07, 6.45) is -1.51. The number of hydrogen-bond acceptors (Lipinski definition) is 4. The summed E-state index contributed by atoms with van der Waals surface area (Å²) >= 11 is 0. The highest BCUT2D eigenvalue weighted by Crippen LogP contribution is 2.13. The van der Waals surface area contributed by atoms with Gasteiger partial charge in [0.05, 0.1) is 0 Å². The summed E-state index contributed by atoms with van der Waals surface area (Å²) in [6, 6.07) is 6.46. The summed E-state index contributed by atoms with van der Waals surface area (Å²) in [7, 11) is 0. The van der Waals surface area contributed by atoms with E-state index in [1.807, 2.05) is 0 Å². The Morgan fingerprint density at radius 3 is 2.50 bits per heavy atom. The number of hydrogen-bond donors (Lipinski definition) is 3. The summed E-state index contributed by atoms with van der Waals surface area (Å²) < 4.78 is 5.00. The Balaban J connectivity index is 2.46. The van der Waals surface area contributed by atoms with Gasteiger partial charge < -0.3 is 20.7 Å². The first kappa shape index (κ1) is 10.3. The van der Waals surface area contributed by atoms with E-state index in [0.717, 1.165) is 0 Å². The molecule has 0 radical (unpaired) electrons. The zero-order valence-corrected chi connectivity index (χ0v) is 7.38. The smallest absolute Gasteiger partial charge is 0.336 e. The van der Waals surface area contributed by atoms with E-state index in [1.54, 1.807) is 24.3 Å². The van der Waals surface area contributed by atoms with Crippen molar-refractivity contribution in [1.82, 2.24) is 0 Å². The minimum Gasteiger partial charge on any atom is -0.490 e. The van der Waals surface area contributed by atoms with Gasteiger partial charge in [0.1, 0.15) is 12.4 Å². The van der Waals surface area contributed by atoms with E-state index in [-0.39, 0.29) is 6.61 Å². The highest BCUT2D eigenvalue weighted by molar-refractivity contribution is 5.72. The maximum atomic E-state index is 10.2. The van der Waals surface area contributed by atoms with Crippen molar-refractivity contribution in [2.24, 2.45) is 0 Å². The molecule has 0 amide bonds. The SMILES string of the molecule is Nc1ccc(OC[C@@H](O)C(=O)O)cc1. The maximum Gasteiger partial charge on any atom is 0.336 e. The zero-order chi connectivity index (χ0) is 10.6. The van der Waals surface area contributed by atoms with Crippen molar-refractivity contribution in [3.8, 4) is 5.75 Å². The molecule has 0 aromatic heterocycles. The van der Waals surface area contributed by atoms with Crippen molar-refractivity contribution in [1.29, 1.82) is 0 Å². The van der Waals surface area contributed by atoms with Crippen molar-refractivity contribution in [3.63, 3.8) is 0 Å². The molecule has 4 N–H and O–H groups in total. The number of benzene rings is 1. The van der Waals surface area contributed by atoms with E-state index in [2.05, 4.69) is 0 Å². The van der Waals surface area contributed by atoms with Gasteiger partial charge in [-0.15, -0.1) is 0 Å². The van der Waals surface area contributed by atoms with Crippen LogP contribution in [-0.4, -0.2) is 28.9 Å². The number of carboxylic acids is 1. The fraction of sp³-hybridized carbons (Fsp3) is 0.222. The molecule has 0 bridgehead atoms. The normalized spacial score (nSPS) is 12.1. The number of aliphatic carboxylic acids is 1. The van der Waals surface area contributed by atoms with Gasteiger partial charge in [-0.2, -0.15) is 0 Å². The second kappa shape index (κ2) is 4.48. The van der Waals surface area contributed by atoms with Gasteiger partial charge in [-0.3, -0.25) is 0 Å². The second-order valence-electron chi connectivity index (χ2n) is 2.73. The van der Waals surface area contributed by atoms with Gasteiger partial charge in [0, 0.05) is 5.69 Å². The molecule has 1 aromatic carbocycles. The molecule has 5 heteroatoms. The van der Waals surface area contributed by atoms with E-state index in [9.17, 15) is 4.79 Å². The van der Waals surface area contributed by atoms with Crippen molar-refractivity contribution in [3.05, 3.63) is 24.3 Å². The van der Waals surface area contributed by atoms with Crippen molar-refractivity contribution in [2.45, 2.75) is 6.10 Å². The standard InChI is InChI=1S/C9H11NO4/c10-6-1-3-7(4-2-6)14-5-8(11)9(12)13/h1-4,8,11H,5,10H2,(H,12,13)/t8-/m1/s1. The first-order valence-electron chi connectivity index (χ1n) is 3.99. The van der Waals surface area contributed by atoms with Crippen LogP contribution in [0.15, 0.2) is 24.3 Å². The largest absolute Gasteiger partial charge is 0.490 e. The van der Waals surface area contributed by atoms with Crippen LogP contribution in [0.2, 0.25) is 0 Å². The number of carbonyl (C=O) groups is 1. The summed E-state index contributed by atoms with van der Waals surface area (Å²) in [5, 5.41) is 17.2. The van der Waals surface area contributed by atoms with E-state index in [1.165, 1.54) is 0 Å². The van der Waals surface area contributed by atoms with Gasteiger partial charge in [-0.25, -0.2) is 4.79 Å². The molecule has 0 fully saturated rings. The first-order valence-corrected chi connectivity index (χ1v) is 3.99. The number of rotatable bonds is 4. The summed E-state index contributed by atoms with van der Waals surface area (Å²) in [5.74, 6) is -0.833. The molecule has 5 nitrogen and oxygen atoms in total. The number of carboxylic acid groups (broad SMARTS) is 1. The number of anilines is 1. The number of ether oxygens (including phenoxy) is 1. The zero-order valence-electron chi connectivity index (χ0n) is 7.38. The molecule has 0 aliphatic rings. The minimum absolute atomic E-state index is 0.279. The average molecular weight is 197 g/mol. The van der Waals surface area contributed by atoms with Crippen LogP contribution >= 0.6 is 0 Å². The third kappa shape index (κ3) is 2.95. The lowest BCUT2D eigenvalue weighted by Crippen LogP contribution is -2.26. The average Bonchev–Trinajstić information content (AvgIpc) is 2.16. The molecule has 1 atom stereocenters. The molecule has 0 saturated carbocycles. The lowest BCUT2D eigenvalue weighted by atomic mass is 10.3. The molecule has 0 heterocycles. The van der Waals surface area contributed by atoms with Crippen LogP contribution in [0.1, 0.15) is 0 Å². The highest BCUT2D eigenvalue weighted by atomic mass is 16.5. The summed E-state index contributed by atoms with van der Waals surface area (Å²) in [5.41, 5.74) is 6.03. The molecule has 76 valence electrons. The van der Waals surface area contributed by atoms with Crippen LogP contribution in [-0.2, 0) is 4.79 Å². The van der Waals surface area contributed by atoms with Crippen molar-refractivity contribution in [2.75, 3.05) is 12.3 Å². The maximum absolute atomic E-state index is 10.2. The fourth-order valence-electron chi connectivity index (χ4n) is 0.811. The third-order valence-electron chi connectivity index (χ3n) is 1.57. The van der Waals surface area contributed by atoms with Crippen LogP contribution in [0.5, 0.6) is 5.75 Å². The number of aliphatic hydroxyl groups excluding tert-OH is 1. The van der Waals surface area contributed by atoms with Crippen LogP contribution in [0.3, 0.4) is 0 Å². The third-order valence-corrected chi connectivity index (χ3v) is 1.57. The molecule has 0 aliphatic heterocycles. The lowest BCUT2D eigenvalue weighted by molar-refractivity contribution is -0.148. The Hall–Kier alpha value is -1.75. The molecule has 1 aromatic rings.